The number of anilines is 1. The molecule has 4 rings (SSSR count). The van der Waals surface area contributed by atoms with Crippen molar-refractivity contribution in [2.45, 2.75) is 51.1 Å². The van der Waals surface area contributed by atoms with E-state index in [0.717, 1.165) is 42.2 Å². The smallest absolute Gasteiger partial charge is 0.406 e. The molecule has 0 spiro atoms. The molecule has 1 fully saturated rings. The molecular weight excluding hydrogens is 443 g/mol. The number of aromatic nitrogens is 4. The molecular formula is C21H24F3N5O2S. The molecule has 3 aromatic heterocycles. The van der Waals surface area contributed by atoms with Crippen molar-refractivity contribution in [1.82, 2.24) is 19.3 Å². The first kappa shape index (κ1) is 22.5. The fourth-order valence-corrected chi connectivity index (χ4v) is 4.77. The normalized spacial score (nSPS) is 14.5. The Morgan fingerprint density at radius 2 is 1.94 bits per heavy atom. The van der Waals surface area contributed by atoms with Gasteiger partial charge in [-0.25, -0.2) is 0 Å². The second-order valence-electron chi connectivity index (χ2n) is 7.84. The van der Waals surface area contributed by atoms with E-state index in [4.69, 9.17) is 4.42 Å². The number of halogens is 3. The minimum Gasteiger partial charge on any atom is -0.467 e. The van der Waals surface area contributed by atoms with Gasteiger partial charge in [0.1, 0.15) is 12.3 Å². The lowest BCUT2D eigenvalue weighted by Gasteiger charge is -2.17. The summed E-state index contributed by atoms with van der Waals surface area (Å²) in [6.45, 7) is 4.23. The quantitative estimate of drug-likeness (QED) is 0.360. The fourth-order valence-electron chi connectivity index (χ4n) is 3.95. The first-order valence-corrected chi connectivity index (χ1v) is 11.3. The average Bonchev–Trinajstić information content (AvgIpc) is 3.51. The predicted molar refractivity (Wildman–Crippen MR) is 114 cm³/mol. The third-order valence-electron chi connectivity index (χ3n) is 5.52. The first-order valence-electron chi connectivity index (χ1n) is 10.3. The molecule has 4 heterocycles. The SMILES string of the molecule is Cc1cc(C(=O)CSc2nnc(N3CCCC3)n2Cc2ccco2)c(C)n1CC(F)(F)F. The van der Waals surface area contributed by atoms with Crippen LogP contribution < -0.4 is 4.90 Å². The minimum atomic E-state index is -4.35. The fraction of sp³-hybridized carbons (Fsp3) is 0.476. The van der Waals surface area contributed by atoms with Crippen molar-refractivity contribution >= 4 is 23.5 Å². The summed E-state index contributed by atoms with van der Waals surface area (Å²) in [7, 11) is 0. The number of alkyl halides is 3. The van der Waals surface area contributed by atoms with Gasteiger partial charge >= 0.3 is 6.18 Å². The van der Waals surface area contributed by atoms with Crippen LogP contribution in [0.2, 0.25) is 0 Å². The molecule has 1 aliphatic heterocycles. The largest absolute Gasteiger partial charge is 0.467 e. The minimum absolute atomic E-state index is 0.0482. The van der Waals surface area contributed by atoms with E-state index in [1.807, 2.05) is 16.7 Å². The van der Waals surface area contributed by atoms with E-state index in [1.54, 1.807) is 20.1 Å². The Kier molecular flexibility index (Phi) is 6.36. The third-order valence-corrected chi connectivity index (χ3v) is 6.49. The van der Waals surface area contributed by atoms with Crippen molar-refractivity contribution in [3.05, 3.63) is 47.2 Å². The maximum atomic E-state index is 12.9. The van der Waals surface area contributed by atoms with Crippen LogP contribution in [0.5, 0.6) is 0 Å². The van der Waals surface area contributed by atoms with Crippen molar-refractivity contribution < 1.29 is 22.4 Å². The first-order chi connectivity index (χ1) is 15.2. The molecule has 11 heteroatoms. The Bertz CT molecular complexity index is 1080. The van der Waals surface area contributed by atoms with Crippen molar-refractivity contribution in [3.8, 4) is 0 Å². The number of carbonyl (C=O) groups is 1. The molecule has 32 heavy (non-hydrogen) atoms. The lowest BCUT2D eigenvalue weighted by Crippen LogP contribution is -2.22. The van der Waals surface area contributed by atoms with Gasteiger partial charge in [-0.05, 0) is 44.9 Å². The Hall–Kier alpha value is -2.69. The van der Waals surface area contributed by atoms with Crippen LogP contribution in [0, 0.1) is 13.8 Å². The van der Waals surface area contributed by atoms with Crippen LogP contribution in [0.25, 0.3) is 0 Å². The van der Waals surface area contributed by atoms with E-state index in [1.165, 1.54) is 17.8 Å². The van der Waals surface area contributed by atoms with Gasteiger partial charge < -0.3 is 13.9 Å². The van der Waals surface area contributed by atoms with Gasteiger partial charge in [-0.1, -0.05) is 11.8 Å². The lowest BCUT2D eigenvalue weighted by molar-refractivity contribution is -0.141. The summed E-state index contributed by atoms with van der Waals surface area (Å²) in [5.41, 5.74) is 1.03. The molecule has 1 aliphatic rings. The molecule has 0 amide bonds. The number of aryl methyl sites for hydroxylation is 1. The third kappa shape index (κ3) is 4.87. The molecule has 0 radical (unpaired) electrons. The van der Waals surface area contributed by atoms with Gasteiger partial charge in [-0.15, -0.1) is 10.2 Å². The van der Waals surface area contributed by atoms with Gasteiger partial charge in [0, 0.05) is 30.0 Å². The van der Waals surface area contributed by atoms with Crippen LogP contribution >= 0.6 is 11.8 Å². The number of furan rings is 1. The number of nitrogens with zero attached hydrogens (tertiary/aromatic N) is 5. The zero-order chi connectivity index (χ0) is 22.9. The van der Waals surface area contributed by atoms with E-state index in [2.05, 4.69) is 15.1 Å². The molecule has 0 N–H and O–H groups in total. The summed E-state index contributed by atoms with van der Waals surface area (Å²) >= 11 is 1.23. The van der Waals surface area contributed by atoms with Crippen LogP contribution in [0.4, 0.5) is 19.1 Å². The van der Waals surface area contributed by atoms with Crippen LogP contribution in [0.3, 0.4) is 0 Å². The van der Waals surface area contributed by atoms with Gasteiger partial charge in [-0.3, -0.25) is 9.36 Å². The number of rotatable bonds is 8. The van der Waals surface area contributed by atoms with Crippen LogP contribution in [-0.4, -0.2) is 50.1 Å². The maximum absolute atomic E-state index is 12.9. The summed E-state index contributed by atoms with van der Waals surface area (Å²) in [6, 6.07) is 5.19. The van der Waals surface area contributed by atoms with Crippen LogP contribution in [0.15, 0.2) is 34.0 Å². The molecule has 0 aliphatic carbocycles. The molecule has 0 aromatic carbocycles. The molecule has 1 saturated heterocycles. The number of hydrogen-bond acceptors (Lipinski definition) is 6. The predicted octanol–water partition coefficient (Wildman–Crippen LogP) is 4.48. The van der Waals surface area contributed by atoms with Crippen LogP contribution in [-0.2, 0) is 13.1 Å². The van der Waals surface area contributed by atoms with Gasteiger partial charge in [0.05, 0.1) is 18.6 Å². The number of carbonyl (C=O) groups excluding carboxylic acids is 1. The van der Waals surface area contributed by atoms with Gasteiger partial charge in [0.25, 0.3) is 0 Å². The molecule has 7 nitrogen and oxygen atoms in total. The Morgan fingerprint density at radius 3 is 2.59 bits per heavy atom. The van der Waals surface area contributed by atoms with Crippen molar-refractivity contribution in [1.29, 1.82) is 0 Å². The summed E-state index contributed by atoms with van der Waals surface area (Å²) in [4.78, 5) is 15.0. The van der Waals surface area contributed by atoms with Gasteiger partial charge in [-0.2, -0.15) is 13.2 Å². The topological polar surface area (TPSA) is 69.1 Å². The Balaban J connectivity index is 1.52. The van der Waals surface area contributed by atoms with E-state index in [-0.39, 0.29) is 11.5 Å². The zero-order valence-electron chi connectivity index (χ0n) is 17.9. The molecule has 0 atom stereocenters. The van der Waals surface area contributed by atoms with E-state index in [9.17, 15) is 18.0 Å². The highest BCUT2D eigenvalue weighted by Gasteiger charge is 2.30. The summed E-state index contributed by atoms with van der Waals surface area (Å²) in [6.07, 6.45) is -0.579. The van der Waals surface area contributed by atoms with Crippen molar-refractivity contribution in [2.75, 3.05) is 23.7 Å². The van der Waals surface area contributed by atoms with Gasteiger partial charge in [0.2, 0.25) is 5.95 Å². The standard InChI is InChI=1S/C21H24F3N5O2S/c1-14-10-17(15(2)29(14)13-21(22,23)24)18(30)12-32-20-26-25-19(27-7-3-4-8-27)28(20)11-16-6-5-9-31-16/h5-6,9-10H,3-4,7-8,11-13H2,1-2H3. The second-order valence-corrected chi connectivity index (χ2v) is 8.78. The summed E-state index contributed by atoms with van der Waals surface area (Å²) in [5, 5.41) is 9.20. The average molecular weight is 468 g/mol. The van der Waals surface area contributed by atoms with Gasteiger partial charge in [0.15, 0.2) is 10.9 Å². The molecule has 3 aromatic rings. The molecule has 0 bridgehead atoms. The maximum Gasteiger partial charge on any atom is 0.406 e. The highest BCUT2D eigenvalue weighted by atomic mass is 32.2. The Labute approximate surface area is 187 Å². The van der Waals surface area contributed by atoms with Crippen molar-refractivity contribution in [3.63, 3.8) is 0 Å². The lowest BCUT2D eigenvalue weighted by atomic mass is 10.2. The number of ketones is 1. The Morgan fingerprint density at radius 1 is 1.19 bits per heavy atom. The van der Waals surface area contributed by atoms with E-state index < -0.39 is 12.7 Å². The summed E-state index contributed by atoms with van der Waals surface area (Å²) in [5.74, 6) is 1.28. The number of Topliss-reactive ketones (excluding diaryl/α,β-unsaturated/α-hetero) is 1. The molecule has 172 valence electrons. The zero-order valence-corrected chi connectivity index (χ0v) is 18.7. The number of thioether (sulfide) groups is 1. The highest BCUT2D eigenvalue weighted by Crippen LogP contribution is 2.28. The monoisotopic (exact) mass is 467 g/mol. The number of hydrogen-bond donors (Lipinski definition) is 0. The molecule has 0 saturated carbocycles. The van der Waals surface area contributed by atoms with E-state index >= 15 is 0 Å². The van der Waals surface area contributed by atoms with E-state index in [0.29, 0.717) is 28.7 Å². The highest BCUT2D eigenvalue weighted by molar-refractivity contribution is 7.99. The second kappa shape index (κ2) is 9.05. The molecule has 0 unspecified atom stereocenters. The van der Waals surface area contributed by atoms with Crippen LogP contribution in [0.1, 0.15) is 40.3 Å². The summed E-state index contributed by atoms with van der Waals surface area (Å²) < 4.78 is 47.1. The van der Waals surface area contributed by atoms with Crippen molar-refractivity contribution in [2.24, 2.45) is 0 Å².